The molecule has 1 N–H and O–H groups in total. The zero-order valence-electron chi connectivity index (χ0n) is 20.4. The second kappa shape index (κ2) is 12.5. The highest BCUT2D eigenvalue weighted by atomic mass is 16.6. The number of rotatable bonds is 8. The number of methoxy groups -OCH3 is 2. The van der Waals surface area contributed by atoms with E-state index >= 15 is 0 Å². The Morgan fingerprint density at radius 1 is 1.27 bits per heavy atom. The Kier molecular flexibility index (Phi) is 10.1. The van der Waals surface area contributed by atoms with Gasteiger partial charge in [0.15, 0.2) is 11.4 Å². The molecule has 0 spiro atoms. The number of pyridine rings is 1. The second-order valence-corrected chi connectivity index (χ2v) is 8.82. The third kappa shape index (κ3) is 7.42. The molecule has 4 atom stereocenters. The summed E-state index contributed by atoms with van der Waals surface area (Å²) in [6, 6.07) is 0.618. The standard InChI is InChI=1S/C24H36N2O7/c1-14(2)10-11-17-8-7-9-18(24(29)32-15(3)21(17)31-6)26-23(28)20-22(33-16(4)27)19(30-5)12-13-25-20/h12-15,17-18,21H,7-11H2,1-6H3,(H,26,28)/t15-,17+,18-,21-/m0/s1. The summed E-state index contributed by atoms with van der Waals surface area (Å²) < 4.78 is 21.7. The fraction of sp³-hybridized carbons (Fsp3) is 0.667. The van der Waals surface area contributed by atoms with Crippen molar-refractivity contribution in [3.63, 3.8) is 0 Å². The van der Waals surface area contributed by atoms with Crippen molar-refractivity contribution in [3.8, 4) is 11.5 Å². The van der Waals surface area contributed by atoms with Gasteiger partial charge in [0.25, 0.3) is 5.91 Å². The summed E-state index contributed by atoms with van der Waals surface area (Å²) in [5.74, 6) is -0.885. The van der Waals surface area contributed by atoms with E-state index in [1.807, 2.05) is 6.92 Å². The molecule has 9 heteroatoms. The van der Waals surface area contributed by atoms with Crippen LogP contribution in [0, 0.1) is 11.8 Å². The van der Waals surface area contributed by atoms with Gasteiger partial charge >= 0.3 is 11.9 Å². The molecule has 1 aliphatic rings. The predicted octanol–water partition coefficient (Wildman–Crippen LogP) is 3.30. The van der Waals surface area contributed by atoms with Crippen LogP contribution < -0.4 is 14.8 Å². The van der Waals surface area contributed by atoms with Gasteiger partial charge < -0.3 is 24.3 Å². The van der Waals surface area contributed by atoms with E-state index < -0.39 is 30.0 Å². The summed E-state index contributed by atoms with van der Waals surface area (Å²) in [6.07, 6.45) is 4.74. The van der Waals surface area contributed by atoms with E-state index in [4.69, 9.17) is 18.9 Å². The minimum absolute atomic E-state index is 0.0944. The molecule has 0 unspecified atom stereocenters. The summed E-state index contributed by atoms with van der Waals surface area (Å²) in [7, 11) is 3.03. The van der Waals surface area contributed by atoms with E-state index in [1.54, 1.807) is 7.11 Å². The van der Waals surface area contributed by atoms with Crippen LogP contribution in [0.4, 0.5) is 0 Å². The molecule has 0 aromatic carbocycles. The summed E-state index contributed by atoms with van der Waals surface area (Å²) in [5.41, 5.74) is -0.144. The number of nitrogens with one attached hydrogen (secondary N) is 1. The van der Waals surface area contributed by atoms with Gasteiger partial charge in [-0.25, -0.2) is 9.78 Å². The van der Waals surface area contributed by atoms with Crippen LogP contribution in [0.3, 0.4) is 0 Å². The number of nitrogens with zero attached hydrogens (tertiary/aromatic N) is 1. The SMILES string of the molecule is COc1ccnc(C(=O)N[C@H]2CCC[C@H](CCC(C)C)[C@@H](OC)[C@H](C)OC2=O)c1OC(C)=O. The van der Waals surface area contributed by atoms with Crippen LogP contribution in [0.1, 0.15) is 70.3 Å². The molecule has 1 amide bonds. The maximum atomic E-state index is 13.0. The maximum absolute atomic E-state index is 13.0. The van der Waals surface area contributed by atoms with E-state index in [0.29, 0.717) is 12.3 Å². The third-order valence-electron chi connectivity index (χ3n) is 5.82. The van der Waals surface area contributed by atoms with Crippen molar-refractivity contribution in [2.75, 3.05) is 14.2 Å². The first-order valence-electron chi connectivity index (χ1n) is 11.4. The quantitative estimate of drug-likeness (QED) is 0.583. The van der Waals surface area contributed by atoms with Crippen molar-refractivity contribution in [2.24, 2.45) is 11.8 Å². The van der Waals surface area contributed by atoms with Crippen LogP contribution in [0.15, 0.2) is 12.3 Å². The number of cyclic esters (lactones) is 1. The second-order valence-electron chi connectivity index (χ2n) is 8.82. The fourth-order valence-electron chi connectivity index (χ4n) is 4.18. The van der Waals surface area contributed by atoms with Crippen LogP contribution in [-0.4, -0.2) is 55.3 Å². The Morgan fingerprint density at radius 3 is 2.61 bits per heavy atom. The maximum Gasteiger partial charge on any atom is 0.329 e. The van der Waals surface area contributed by atoms with Crippen molar-refractivity contribution < 1.29 is 33.3 Å². The number of esters is 2. The summed E-state index contributed by atoms with van der Waals surface area (Å²) >= 11 is 0. The van der Waals surface area contributed by atoms with Crippen LogP contribution in [-0.2, 0) is 19.1 Å². The molecular weight excluding hydrogens is 428 g/mol. The number of carbonyl (C=O) groups excluding carboxylic acids is 3. The van der Waals surface area contributed by atoms with E-state index in [1.165, 1.54) is 26.3 Å². The molecular formula is C24H36N2O7. The highest BCUT2D eigenvalue weighted by Gasteiger charge is 2.35. The van der Waals surface area contributed by atoms with Gasteiger partial charge in [-0.2, -0.15) is 0 Å². The van der Waals surface area contributed by atoms with Crippen molar-refractivity contribution in [1.82, 2.24) is 10.3 Å². The molecule has 1 aliphatic heterocycles. The van der Waals surface area contributed by atoms with Gasteiger partial charge in [-0.05, 0) is 38.0 Å². The lowest BCUT2D eigenvalue weighted by Gasteiger charge is -2.30. The van der Waals surface area contributed by atoms with Gasteiger partial charge in [0, 0.05) is 26.3 Å². The molecule has 184 valence electrons. The first-order valence-corrected chi connectivity index (χ1v) is 11.4. The highest BCUT2D eigenvalue weighted by molar-refractivity contribution is 5.98. The average Bonchev–Trinajstić information content (AvgIpc) is 2.80. The van der Waals surface area contributed by atoms with E-state index in [0.717, 1.165) is 25.7 Å². The number of amides is 1. The Bertz CT molecular complexity index is 827. The highest BCUT2D eigenvalue weighted by Crippen LogP contribution is 2.31. The van der Waals surface area contributed by atoms with Crippen LogP contribution in [0.2, 0.25) is 0 Å². The monoisotopic (exact) mass is 464 g/mol. The first-order chi connectivity index (χ1) is 15.7. The Labute approximate surface area is 195 Å². The number of aromatic nitrogens is 1. The number of hydrogen-bond acceptors (Lipinski definition) is 8. The van der Waals surface area contributed by atoms with Crippen LogP contribution >= 0.6 is 0 Å². The van der Waals surface area contributed by atoms with E-state index in [-0.39, 0.29) is 29.2 Å². The first kappa shape index (κ1) is 26.6. The normalized spacial score (nSPS) is 23.7. The van der Waals surface area contributed by atoms with Crippen molar-refractivity contribution >= 4 is 17.8 Å². The molecule has 2 heterocycles. The molecule has 33 heavy (non-hydrogen) atoms. The average molecular weight is 465 g/mol. The Hall–Kier alpha value is -2.68. The van der Waals surface area contributed by atoms with Gasteiger partial charge in [-0.1, -0.05) is 26.7 Å². The molecule has 0 bridgehead atoms. The molecule has 1 aromatic rings. The van der Waals surface area contributed by atoms with E-state index in [2.05, 4.69) is 24.1 Å². The summed E-state index contributed by atoms with van der Waals surface area (Å²) in [5, 5.41) is 2.70. The van der Waals surface area contributed by atoms with Crippen molar-refractivity contribution in [2.45, 2.75) is 78.0 Å². The van der Waals surface area contributed by atoms with Crippen molar-refractivity contribution in [3.05, 3.63) is 18.0 Å². The number of hydrogen-bond donors (Lipinski definition) is 1. The molecule has 0 saturated carbocycles. The van der Waals surface area contributed by atoms with Crippen LogP contribution in [0.25, 0.3) is 0 Å². The molecule has 0 aliphatic carbocycles. The summed E-state index contributed by atoms with van der Waals surface area (Å²) in [6.45, 7) is 7.40. The molecule has 1 fully saturated rings. The van der Waals surface area contributed by atoms with Gasteiger partial charge in [-0.15, -0.1) is 0 Å². The largest absolute Gasteiger partial charge is 0.493 e. The van der Waals surface area contributed by atoms with Crippen LogP contribution in [0.5, 0.6) is 11.5 Å². The van der Waals surface area contributed by atoms with Gasteiger partial charge in [0.1, 0.15) is 12.1 Å². The minimum atomic E-state index is -0.862. The molecule has 2 rings (SSSR count). The van der Waals surface area contributed by atoms with E-state index in [9.17, 15) is 14.4 Å². The molecule has 0 radical (unpaired) electrons. The lowest BCUT2D eigenvalue weighted by Crippen LogP contribution is -2.44. The Morgan fingerprint density at radius 2 is 2.00 bits per heavy atom. The van der Waals surface area contributed by atoms with Gasteiger partial charge in [0.05, 0.1) is 13.2 Å². The summed E-state index contributed by atoms with van der Waals surface area (Å²) in [4.78, 5) is 41.5. The van der Waals surface area contributed by atoms with Gasteiger partial charge in [0.2, 0.25) is 5.75 Å². The topological polar surface area (TPSA) is 113 Å². The third-order valence-corrected chi connectivity index (χ3v) is 5.82. The molecule has 1 saturated heterocycles. The molecule has 9 nitrogen and oxygen atoms in total. The smallest absolute Gasteiger partial charge is 0.329 e. The number of carbonyl (C=O) groups is 3. The number of ether oxygens (including phenoxy) is 4. The lowest BCUT2D eigenvalue weighted by atomic mass is 9.86. The lowest BCUT2D eigenvalue weighted by molar-refractivity contribution is -0.159. The zero-order valence-corrected chi connectivity index (χ0v) is 20.4. The molecule has 1 aromatic heterocycles. The fourth-order valence-corrected chi connectivity index (χ4v) is 4.18. The minimum Gasteiger partial charge on any atom is -0.493 e. The Balaban J connectivity index is 2.20. The zero-order chi connectivity index (χ0) is 24.5. The van der Waals surface area contributed by atoms with Crippen molar-refractivity contribution in [1.29, 1.82) is 0 Å². The van der Waals surface area contributed by atoms with Gasteiger partial charge in [-0.3, -0.25) is 9.59 Å². The predicted molar refractivity (Wildman–Crippen MR) is 121 cm³/mol.